The summed E-state index contributed by atoms with van der Waals surface area (Å²) in [6.45, 7) is 3.08. The van der Waals surface area contributed by atoms with Gasteiger partial charge in [-0.05, 0) is 67.9 Å². The van der Waals surface area contributed by atoms with E-state index in [1.165, 1.54) is 57.2 Å². The Labute approximate surface area is 159 Å². The number of benzene rings is 2. The van der Waals surface area contributed by atoms with Gasteiger partial charge in [-0.2, -0.15) is 0 Å². The monoisotopic (exact) mass is 355 g/mol. The molecule has 1 aliphatic carbocycles. The zero-order chi connectivity index (χ0) is 18.2. The van der Waals surface area contributed by atoms with Gasteiger partial charge in [0, 0.05) is 40.4 Å². The molecule has 3 nitrogen and oxygen atoms in total. The number of aromatic amines is 1. The van der Waals surface area contributed by atoms with Crippen molar-refractivity contribution in [1.82, 2.24) is 9.97 Å². The first-order chi connectivity index (χ1) is 13.3. The fourth-order valence-corrected chi connectivity index (χ4v) is 4.40. The molecule has 0 unspecified atom stereocenters. The van der Waals surface area contributed by atoms with Crippen LogP contribution in [0.5, 0.6) is 0 Å². The molecule has 0 saturated carbocycles. The van der Waals surface area contributed by atoms with Crippen LogP contribution >= 0.6 is 0 Å². The molecule has 2 N–H and O–H groups in total. The number of pyridine rings is 1. The maximum Gasteiger partial charge on any atom is 0.0728 e. The Morgan fingerprint density at radius 2 is 1.93 bits per heavy atom. The van der Waals surface area contributed by atoms with Gasteiger partial charge in [-0.25, -0.2) is 0 Å². The molecule has 0 saturated heterocycles. The first-order valence-corrected chi connectivity index (χ1v) is 10.0. The van der Waals surface area contributed by atoms with Crippen molar-refractivity contribution >= 4 is 27.5 Å². The van der Waals surface area contributed by atoms with Gasteiger partial charge in [-0.1, -0.05) is 30.3 Å². The third kappa shape index (κ3) is 2.97. The van der Waals surface area contributed by atoms with E-state index >= 15 is 0 Å². The predicted molar refractivity (Wildman–Crippen MR) is 114 cm³/mol. The number of hydrogen-bond donors (Lipinski definition) is 2. The summed E-state index contributed by atoms with van der Waals surface area (Å²) < 4.78 is 0. The maximum atomic E-state index is 4.99. The lowest BCUT2D eigenvalue weighted by molar-refractivity contribution is 0.672. The summed E-state index contributed by atoms with van der Waals surface area (Å²) in [6.07, 6.45) is 7.93. The van der Waals surface area contributed by atoms with Crippen LogP contribution in [0.4, 0.5) is 5.69 Å². The molecule has 0 fully saturated rings. The predicted octanol–water partition coefficient (Wildman–Crippen LogP) is 5.56. The first-order valence-electron chi connectivity index (χ1n) is 10.0. The lowest BCUT2D eigenvalue weighted by Gasteiger charge is -2.22. The van der Waals surface area contributed by atoms with Crippen LogP contribution in [0.3, 0.4) is 0 Å². The van der Waals surface area contributed by atoms with Gasteiger partial charge in [-0.3, -0.25) is 4.98 Å². The summed E-state index contributed by atoms with van der Waals surface area (Å²) in [7, 11) is 0. The summed E-state index contributed by atoms with van der Waals surface area (Å²) in [5.74, 6) is 0. The smallest absolute Gasteiger partial charge is 0.0728 e. The van der Waals surface area contributed by atoms with Gasteiger partial charge in [0.05, 0.1) is 5.52 Å². The van der Waals surface area contributed by atoms with Crippen molar-refractivity contribution in [3.05, 3.63) is 71.0 Å². The molecule has 0 radical (unpaired) electrons. The molecule has 27 heavy (non-hydrogen) atoms. The highest BCUT2D eigenvalue weighted by molar-refractivity contribution is 5.94. The Morgan fingerprint density at radius 1 is 1.04 bits per heavy atom. The quantitative estimate of drug-likeness (QED) is 0.503. The average molecular weight is 355 g/mol. The fraction of sp³-hybridized carbons (Fsp3) is 0.292. The van der Waals surface area contributed by atoms with Crippen LogP contribution in [0, 0.1) is 6.92 Å². The summed E-state index contributed by atoms with van der Waals surface area (Å²) in [5.41, 5.74) is 9.05. The Balaban J connectivity index is 1.47. The second-order valence-electron chi connectivity index (χ2n) is 7.68. The van der Waals surface area contributed by atoms with E-state index in [4.69, 9.17) is 4.98 Å². The molecule has 0 amide bonds. The number of anilines is 1. The molecule has 5 rings (SSSR count). The molecule has 0 aliphatic heterocycles. The lowest BCUT2D eigenvalue weighted by atomic mass is 9.92. The van der Waals surface area contributed by atoms with E-state index in [1.807, 2.05) is 0 Å². The molecule has 0 bridgehead atoms. The number of aryl methyl sites for hydroxylation is 2. The number of nitrogens with zero attached hydrogens (tertiary/aromatic N) is 1. The van der Waals surface area contributed by atoms with Crippen LogP contribution in [0.1, 0.15) is 35.2 Å². The number of fused-ring (bicyclic) bond motifs is 3. The van der Waals surface area contributed by atoms with Crippen molar-refractivity contribution in [2.75, 3.05) is 11.9 Å². The second-order valence-corrected chi connectivity index (χ2v) is 7.68. The molecule has 0 spiro atoms. The van der Waals surface area contributed by atoms with Gasteiger partial charge in [0.15, 0.2) is 0 Å². The maximum absolute atomic E-state index is 4.99. The minimum Gasteiger partial charge on any atom is -0.384 e. The molecule has 0 atom stereocenters. The number of aromatic nitrogens is 2. The largest absolute Gasteiger partial charge is 0.384 e. The summed E-state index contributed by atoms with van der Waals surface area (Å²) in [4.78, 5) is 8.38. The van der Waals surface area contributed by atoms with Gasteiger partial charge >= 0.3 is 0 Å². The Bertz CT molecular complexity index is 1120. The summed E-state index contributed by atoms with van der Waals surface area (Å²) >= 11 is 0. The van der Waals surface area contributed by atoms with Crippen LogP contribution < -0.4 is 5.32 Å². The van der Waals surface area contributed by atoms with E-state index in [9.17, 15) is 0 Å². The van der Waals surface area contributed by atoms with Crippen LogP contribution in [-0.2, 0) is 19.3 Å². The molecule has 2 aromatic carbocycles. The molecule has 2 aromatic heterocycles. The standard InChI is InChI=1S/C24H25N3/c1-16-10-11-20-23(14-16)27-22-9-5-3-7-19(22)24(20)25-13-12-17-15-26-21-8-4-2-6-18(17)21/h2,4,6,8,10-11,14-15,26H,3,5,7,9,12-13H2,1H3,(H,25,27). The zero-order valence-electron chi connectivity index (χ0n) is 15.8. The van der Waals surface area contributed by atoms with Crippen LogP contribution in [0.2, 0.25) is 0 Å². The highest BCUT2D eigenvalue weighted by atomic mass is 14.9. The van der Waals surface area contributed by atoms with Crippen molar-refractivity contribution < 1.29 is 0 Å². The molecule has 3 heteroatoms. The zero-order valence-corrected chi connectivity index (χ0v) is 15.8. The van der Waals surface area contributed by atoms with E-state index in [-0.39, 0.29) is 0 Å². The number of hydrogen-bond acceptors (Lipinski definition) is 2. The van der Waals surface area contributed by atoms with Gasteiger partial charge < -0.3 is 10.3 Å². The third-order valence-corrected chi connectivity index (χ3v) is 5.79. The molecule has 1 aliphatic rings. The van der Waals surface area contributed by atoms with Crippen LogP contribution in [0.15, 0.2) is 48.7 Å². The van der Waals surface area contributed by atoms with E-state index in [1.54, 1.807) is 0 Å². The van der Waals surface area contributed by atoms with Crippen molar-refractivity contribution in [3.8, 4) is 0 Å². The van der Waals surface area contributed by atoms with Crippen LogP contribution in [0.25, 0.3) is 21.8 Å². The van der Waals surface area contributed by atoms with E-state index in [0.717, 1.165) is 31.3 Å². The fourth-order valence-electron chi connectivity index (χ4n) is 4.40. The Morgan fingerprint density at radius 3 is 2.89 bits per heavy atom. The molecule has 136 valence electrons. The minimum atomic E-state index is 0.932. The highest BCUT2D eigenvalue weighted by Gasteiger charge is 2.18. The number of H-pyrrole nitrogens is 1. The van der Waals surface area contributed by atoms with Gasteiger partial charge in [0.25, 0.3) is 0 Å². The Kier molecular flexibility index (Phi) is 4.08. The van der Waals surface area contributed by atoms with Gasteiger partial charge in [0.2, 0.25) is 0 Å². The second kappa shape index (κ2) is 6.73. The number of nitrogens with one attached hydrogen (secondary N) is 2. The van der Waals surface area contributed by atoms with Crippen LogP contribution in [-0.4, -0.2) is 16.5 Å². The molecular formula is C24H25N3. The summed E-state index contributed by atoms with van der Waals surface area (Å²) in [5, 5.41) is 6.38. The van der Waals surface area contributed by atoms with E-state index < -0.39 is 0 Å². The lowest BCUT2D eigenvalue weighted by Crippen LogP contribution is -2.13. The first kappa shape index (κ1) is 16.4. The number of rotatable bonds is 4. The normalized spacial score (nSPS) is 13.8. The topological polar surface area (TPSA) is 40.7 Å². The molecular weight excluding hydrogens is 330 g/mol. The Hall–Kier alpha value is -2.81. The molecule has 4 aromatic rings. The third-order valence-electron chi connectivity index (χ3n) is 5.79. The molecule has 2 heterocycles. The van der Waals surface area contributed by atoms with Gasteiger partial charge in [0.1, 0.15) is 0 Å². The van der Waals surface area contributed by atoms with Crippen molar-refractivity contribution in [1.29, 1.82) is 0 Å². The average Bonchev–Trinajstić information content (AvgIpc) is 3.10. The van der Waals surface area contributed by atoms with E-state index in [2.05, 4.69) is 65.9 Å². The van der Waals surface area contributed by atoms with Crippen molar-refractivity contribution in [3.63, 3.8) is 0 Å². The minimum absolute atomic E-state index is 0.932. The van der Waals surface area contributed by atoms with E-state index in [0.29, 0.717) is 0 Å². The SMILES string of the molecule is Cc1ccc2c(NCCc3c[nH]c4ccccc34)c3c(nc2c1)CCCC3. The summed E-state index contributed by atoms with van der Waals surface area (Å²) in [6, 6.07) is 15.2. The van der Waals surface area contributed by atoms with Crippen molar-refractivity contribution in [2.24, 2.45) is 0 Å². The highest BCUT2D eigenvalue weighted by Crippen LogP contribution is 2.33. The van der Waals surface area contributed by atoms with Crippen molar-refractivity contribution in [2.45, 2.75) is 39.0 Å². The van der Waals surface area contributed by atoms with Gasteiger partial charge in [-0.15, -0.1) is 0 Å². The number of para-hydroxylation sites is 1.